The van der Waals surface area contributed by atoms with Crippen LogP contribution >= 0.6 is 38.9 Å². The van der Waals surface area contributed by atoms with Crippen LogP contribution in [0.3, 0.4) is 0 Å². The number of hydrogen-bond donors (Lipinski definition) is 1. The monoisotopic (exact) mass is 379 g/mol. The van der Waals surface area contributed by atoms with Gasteiger partial charge in [-0.1, -0.05) is 11.6 Å². The average Bonchev–Trinajstić information content (AvgIpc) is 2.72. The number of benzene rings is 1. The van der Waals surface area contributed by atoms with Crippen LogP contribution in [0.4, 0.5) is 5.69 Å². The first kappa shape index (κ1) is 14.8. The van der Waals surface area contributed by atoms with Gasteiger partial charge in [0.05, 0.1) is 19.4 Å². The first-order valence-corrected chi connectivity index (χ1v) is 9.22. The fourth-order valence-corrected chi connectivity index (χ4v) is 3.75. The molecule has 1 N–H and O–H groups in total. The Morgan fingerprint density at radius 3 is 2.63 bits per heavy atom. The maximum Gasteiger partial charge on any atom is 0.175 e. The molecule has 2 rings (SSSR count). The maximum absolute atomic E-state index is 11.5. The summed E-state index contributed by atoms with van der Waals surface area (Å²) in [7, 11) is -3.22. The lowest BCUT2D eigenvalue weighted by Crippen LogP contribution is -2.02. The normalized spacial score (nSPS) is 11.5. The Morgan fingerprint density at radius 2 is 2.05 bits per heavy atom. The number of thiophene rings is 1. The van der Waals surface area contributed by atoms with Gasteiger partial charge in [0, 0.05) is 17.7 Å². The van der Waals surface area contributed by atoms with E-state index in [1.165, 1.54) is 12.3 Å². The SMILES string of the molecule is CS(=O)(=O)c1ccc(Cl)c(NCc2ccc(Br)s2)c1. The zero-order chi connectivity index (χ0) is 14.0. The minimum Gasteiger partial charge on any atom is -0.379 e. The largest absolute Gasteiger partial charge is 0.379 e. The lowest BCUT2D eigenvalue weighted by Gasteiger charge is -2.09. The van der Waals surface area contributed by atoms with Crippen LogP contribution in [0.2, 0.25) is 5.02 Å². The Labute approximate surface area is 129 Å². The van der Waals surface area contributed by atoms with E-state index in [0.717, 1.165) is 8.66 Å². The molecular weight excluding hydrogens is 370 g/mol. The summed E-state index contributed by atoms with van der Waals surface area (Å²) in [6, 6.07) is 8.61. The smallest absolute Gasteiger partial charge is 0.175 e. The predicted octanol–water partition coefficient (Wildman–Crippen LogP) is 4.18. The van der Waals surface area contributed by atoms with Crippen molar-refractivity contribution in [2.24, 2.45) is 0 Å². The van der Waals surface area contributed by atoms with E-state index in [1.54, 1.807) is 23.5 Å². The molecule has 7 heteroatoms. The van der Waals surface area contributed by atoms with E-state index in [1.807, 2.05) is 12.1 Å². The van der Waals surface area contributed by atoms with Gasteiger partial charge < -0.3 is 5.32 Å². The zero-order valence-electron chi connectivity index (χ0n) is 9.98. The van der Waals surface area contributed by atoms with Crippen molar-refractivity contribution in [3.05, 3.63) is 44.0 Å². The molecule has 0 saturated carbocycles. The highest BCUT2D eigenvalue weighted by atomic mass is 79.9. The number of anilines is 1. The fraction of sp³-hybridized carbons (Fsp3) is 0.167. The second-order valence-corrected chi connectivity index (χ2v) is 8.94. The number of halogens is 2. The van der Waals surface area contributed by atoms with Crippen molar-refractivity contribution in [3.63, 3.8) is 0 Å². The Morgan fingerprint density at radius 1 is 1.32 bits per heavy atom. The molecule has 0 aliphatic rings. The van der Waals surface area contributed by atoms with Gasteiger partial charge in [0.1, 0.15) is 0 Å². The van der Waals surface area contributed by atoms with Gasteiger partial charge in [0.15, 0.2) is 9.84 Å². The molecule has 0 spiro atoms. The summed E-state index contributed by atoms with van der Waals surface area (Å²) in [5, 5.41) is 3.65. The molecule has 0 unspecified atom stereocenters. The van der Waals surface area contributed by atoms with E-state index < -0.39 is 9.84 Å². The Balaban J connectivity index is 2.20. The van der Waals surface area contributed by atoms with Crippen LogP contribution in [-0.4, -0.2) is 14.7 Å². The van der Waals surface area contributed by atoms with Crippen molar-refractivity contribution in [1.82, 2.24) is 0 Å². The van der Waals surface area contributed by atoms with Crippen molar-refractivity contribution in [3.8, 4) is 0 Å². The molecule has 19 heavy (non-hydrogen) atoms. The molecule has 1 aromatic carbocycles. The van der Waals surface area contributed by atoms with E-state index >= 15 is 0 Å². The van der Waals surface area contributed by atoms with Crippen molar-refractivity contribution in [2.45, 2.75) is 11.4 Å². The summed E-state index contributed by atoms with van der Waals surface area (Å²) < 4.78 is 24.1. The van der Waals surface area contributed by atoms with Gasteiger partial charge in [-0.15, -0.1) is 11.3 Å². The summed E-state index contributed by atoms with van der Waals surface area (Å²) in [5.41, 5.74) is 0.620. The number of hydrogen-bond acceptors (Lipinski definition) is 4. The molecule has 0 aliphatic heterocycles. The van der Waals surface area contributed by atoms with Gasteiger partial charge in [-0.25, -0.2) is 8.42 Å². The van der Waals surface area contributed by atoms with Gasteiger partial charge >= 0.3 is 0 Å². The minimum absolute atomic E-state index is 0.256. The third kappa shape index (κ3) is 3.95. The van der Waals surface area contributed by atoms with Crippen LogP contribution in [0.5, 0.6) is 0 Å². The van der Waals surface area contributed by atoms with Gasteiger partial charge in [-0.3, -0.25) is 0 Å². The summed E-state index contributed by atoms with van der Waals surface area (Å²) in [6.07, 6.45) is 1.18. The van der Waals surface area contributed by atoms with Crippen molar-refractivity contribution in [2.75, 3.05) is 11.6 Å². The molecule has 1 aromatic heterocycles. The molecule has 0 aliphatic carbocycles. The summed E-state index contributed by atoms with van der Waals surface area (Å²) in [6.45, 7) is 0.600. The topological polar surface area (TPSA) is 46.2 Å². The van der Waals surface area contributed by atoms with Crippen molar-refractivity contribution >= 4 is 54.4 Å². The lowest BCUT2D eigenvalue weighted by atomic mass is 10.3. The minimum atomic E-state index is -3.22. The Bertz CT molecular complexity index is 698. The predicted molar refractivity (Wildman–Crippen MR) is 83.9 cm³/mol. The molecule has 0 amide bonds. The number of sulfone groups is 1. The van der Waals surface area contributed by atoms with Crippen molar-refractivity contribution < 1.29 is 8.42 Å². The van der Waals surface area contributed by atoms with Gasteiger partial charge in [-0.2, -0.15) is 0 Å². The molecule has 102 valence electrons. The highest BCUT2D eigenvalue weighted by Gasteiger charge is 2.10. The molecule has 2 aromatic rings. The second-order valence-electron chi connectivity index (χ2n) is 3.97. The Kier molecular flexibility index (Phi) is 4.55. The van der Waals surface area contributed by atoms with Crippen LogP contribution < -0.4 is 5.32 Å². The summed E-state index contributed by atoms with van der Waals surface area (Å²) >= 11 is 11.1. The fourth-order valence-electron chi connectivity index (χ4n) is 1.50. The van der Waals surface area contributed by atoms with Crippen LogP contribution in [0, 0.1) is 0 Å². The molecular formula is C12H11BrClNO2S2. The van der Waals surface area contributed by atoms with Crippen LogP contribution in [-0.2, 0) is 16.4 Å². The van der Waals surface area contributed by atoms with E-state index in [-0.39, 0.29) is 4.90 Å². The third-order valence-corrected chi connectivity index (χ3v) is 5.51. The number of rotatable bonds is 4. The molecule has 0 radical (unpaired) electrons. The highest BCUT2D eigenvalue weighted by Crippen LogP contribution is 2.27. The molecule has 0 saturated heterocycles. The quantitative estimate of drug-likeness (QED) is 0.865. The summed E-state index contributed by atoms with van der Waals surface area (Å²) in [4.78, 5) is 1.39. The van der Waals surface area contributed by atoms with Gasteiger partial charge in [0.2, 0.25) is 0 Å². The van der Waals surface area contributed by atoms with Gasteiger partial charge in [-0.05, 0) is 46.3 Å². The third-order valence-electron chi connectivity index (χ3n) is 2.45. The van der Waals surface area contributed by atoms with Gasteiger partial charge in [0.25, 0.3) is 0 Å². The summed E-state index contributed by atoms with van der Waals surface area (Å²) in [5.74, 6) is 0. The van der Waals surface area contributed by atoms with Crippen molar-refractivity contribution in [1.29, 1.82) is 0 Å². The zero-order valence-corrected chi connectivity index (χ0v) is 14.0. The number of nitrogens with one attached hydrogen (secondary N) is 1. The van der Waals surface area contributed by atoms with Crippen LogP contribution in [0.25, 0.3) is 0 Å². The van der Waals surface area contributed by atoms with E-state index in [2.05, 4.69) is 21.2 Å². The molecule has 1 heterocycles. The van der Waals surface area contributed by atoms with E-state index in [4.69, 9.17) is 11.6 Å². The first-order valence-electron chi connectivity index (χ1n) is 5.34. The highest BCUT2D eigenvalue weighted by molar-refractivity contribution is 9.11. The average molecular weight is 381 g/mol. The lowest BCUT2D eigenvalue weighted by molar-refractivity contribution is 0.602. The molecule has 3 nitrogen and oxygen atoms in total. The first-order chi connectivity index (χ1) is 8.86. The second kappa shape index (κ2) is 5.83. The van der Waals surface area contributed by atoms with E-state index in [0.29, 0.717) is 17.3 Å². The molecule has 0 fully saturated rings. The van der Waals surface area contributed by atoms with Crippen LogP contribution in [0.1, 0.15) is 4.88 Å². The van der Waals surface area contributed by atoms with E-state index in [9.17, 15) is 8.42 Å². The maximum atomic E-state index is 11.5. The van der Waals surface area contributed by atoms with Crippen LogP contribution in [0.15, 0.2) is 39.0 Å². The standard InChI is InChI=1S/C12H11BrClNO2S2/c1-19(16,17)9-3-4-10(14)11(6-9)15-7-8-2-5-12(13)18-8/h2-6,15H,7H2,1H3. The molecule has 0 bridgehead atoms. The molecule has 0 atom stereocenters. The Hall–Kier alpha value is -0.560.